The normalized spacial score (nSPS) is 10.3. The van der Waals surface area contributed by atoms with Crippen LogP contribution in [0, 0.1) is 19.7 Å². The lowest BCUT2D eigenvalue weighted by molar-refractivity contribution is 0.102. The third kappa shape index (κ3) is 2.97. The molecule has 0 spiro atoms. The van der Waals surface area contributed by atoms with Crippen molar-refractivity contribution in [3.8, 4) is 5.75 Å². The van der Waals surface area contributed by atoms with Crippen LogP contribution in [-0.4, -0.2) is 13.0 Å². The summed E-state index contributed by atoms with van der Waals surface area (Å²) in [5.41, 5.74) is 8.64. The van der Waals surface area contributed by atoms with Crippen LogP contribution < -0.4 is 15.8 Å². The van der Waals surface area contributed by atoms with Crippen molar-refractivity contribution in [1.82, 2.24) is 0 Å². The number of benzene rings is 2. The highest BCUT2D eigenvalue weighted by molar-refractivity contribution is 6.07. The maximum Gasteiger partial charge on any atom is 0.262 e. The van der Waals surface area contributed by atoms with Gasteiger partial charge >= 0.3 is 0 Å². The van der Waals surface area contributed by atoms with E-state index in [1.165, 1.54) is 25.3 Å². The number of ether oxygens (including phenoxy) is 1. The molecule has 0 aliphatic rings. The number of anilines is 2. The van der Waals surface area contributed by atoms with E-state index in [-0.39, 0.29) is 11.3 Å². The molecule has 0 aromatic heterocycles. The van der Waals surface area contributed by atoms with Crippen LogP contribution in [0.15, 0.2) is 30.3 Å². The van der Waals surface area contributed by atoms with Crippen molar-refractivity contribution in [3.63, 3.8) is 0 Å². The molecule has 0 heterocycles. The summed E-state index contributed by atoms with van der Waals surface area (Å²) in [6, 6.07) is 7.75. The van der Waals surface area contributed by atoms with Crippen molar-refractivity contribution >= 4 is 17.3 Å². The Morgan fingerprint density at radius 2 is 1.90 bits per heavy atom. The lowest BCUT2D eigenvalue weighted by atomic mass is 10.1. The average molecular weight is 288 g/mol. The van der Waals surface area contributed by atoms with Crippen LogP contribution in [0.3, 0.4) is 0 Å². The van der Waals surface area contributed by atoms with Crippen LogP contribution in [0.2, 0.25) is 0 Å². The second-order valence-electron chi connectivity index (χ2n) is 4.79. The predicted molar refractivity (Wildman–Crippen MR) is 81.2 cm³/mol. The van der Waals surface area contributed by atoms with Crippen molar-refractivity contribution in [3.05, 3.63) is 52.8 Å². The van der Waals surface area contributed by atoms with Crippen molar-refractivity contribution in [2.45, 2.75) is 13.8 Å². The van der Waals surface area contributed by atoms with Gasteiger partial charge in [-0.2, -0.15) is 0 Å². The zero-order chi connectivity index (χ0) is 15.6. The molecule has 0 unspecified atom stereocenters. The van der Waals surface area contributed by atoms with Gasteiger partial charge in [0.1, 0.15) is 17.1 Å². The van der Waals surface area contributed by atoms with E-state index >= 15 is 0 Å². The van der Waals surface area contributed by atoms with E-state index in [4.69, 9.17) is 10.5 Å². The summed E-state index contributed by atoms with van der Waals surface area (Å²) < 4.78 is 18.9. The Bertz CT molecular complexity index is 699. The number of methoxy groups -OCH3 is 1. The minimum Gasteiger partial charge on any atom is -0.496 e. The van der Waals surface area contributed by atoms with Crippen LogP contribution in [0.25, 0.3) is 0 Å². The van der Waals surface area contributed by atoms with Crippen molar-refractivity contribution in [2.24, 2.45) is 0 Å². The highest BCUT2D eigenvalue weighted by atomic mass is 19.1. The first kappa shape index (κ1) is 14.8. The van der Waals surface area contributed by atoms with Crippen molar-refractivity contribution in [2.75, 3.05) is 18.2 Å². The van der Waals surface area contributed by atoms with Gasteiger partial charge < -0.3 is 15.8 Å². The molecule has 0 aliphatic carbocycles. The summed E-state index contributed by atoms with van der Waals surface area (Å²) in [5.74, 6) is -1.07. The molecular formula is C16H17FN2O2. The van der Waals surface area contributed by atoms with Gasteiger partial charge in [0.05, 0.1) is 18.5 Å². The molecule has 0 aliphatic heterocycles. The van der Waals surface area contributed by atoms with Gasteiger partial charge in [-0.1, -0.05) is 6.07 Å². The van der Waals surface area contributed by atoms with Gasteiger partial charge in [0.25, 0.3) is 5.91 Å². The number of nitrogens with two attached hydrogens (primary N) is 1. The van der Waals surface area contributed by atoms with Gasteiger partial charge in [0, 0.05) is 0 Å². The standard InChI is InChI=1S/C16H17FN2O2/c1-9-7-12(18)13(8-10(9)2)19-16(20)15-11(17)5-4-6-14(15)21-3/h4-8H,18H2,1-3H3,(H,19,20). The molecular weight excluding hydrogens is 271 g/mol. The molecule has 0 bridgehead atoms. The Labute approximate surface area is 122 Å². The van der Waals surface area contributed by atoms with Crippen LogP contribution in [-0.2, 0) is 0 Å². The largest absolute Gasteiger partial charge is 0.496 e. The van der Waals surface area contributed by atoms with Gasteiger partial charge in [-0.3, -0.25) is 4.79 Å². The Hall–Kier alpha value is -2.56. The summed E-state index contributed by atoms with van der Waals surface area (Å²) in [4.78, 5) is 12.3. The Balaban J connectivity index is 2.37. The molecule has 1 amide bonds. The molecule has 5 heteroatoms. The molecule has 110 valence electrons. The number of aryl methyl sites for hydroxylation is 2. The molecule has 0 saturated heterocycles. The summed E-state index contributed by atoms with van der Waals surface area (Å²) in [6.07, 6.45) is 0. The van der Waals surface area contributed by atoms with Crippen LogP contribution in [0.1, 0.15) is 21.5 Å². The smallest absolute Gasteiger partial charge is 0.262 e. The Morgan fingerprint density at radius 1 is 1.24 bits per heavy atom. The fourth-order valence-corrected chi connectivity index (χ4v) is 2.03. The number of nitrogen functional groups attached to an aromatic ring is 1. The molecule has 2 rings (SSSR count). The monoisotopic (exact) mass is 288 g/mol. The fourth-order valence-electron chi connectivity index (χ4n) is 2.03. The minimum atomic E-state index is -0.644. The number of carbonyl (C=O) groups excluding carboxylic acids is 1. The van der Waals surface area contributed by atoms with Gasteiger partial charge in [-0.05, 0) is 49.2 Å². The number of hydrogen-bond acceptors (Lipinski definition) is 3. The first-order valence-electron chi connectivity index (χ1n) is 6.44. The predicted octanol–water partition coefficient (Wildman–Crippen LogP) is 3.29. The second-order valence-corrected chi connectivity index (χ2v) is 4.79. The molecule has 3 N–H and O–H groups in total. The highest BCUT2D eigenvalue weighted by Gasteiger charge is 2.18. The van der Waals surface area contributed by atoms with Crippen LogP contribution >= 0.6 is 0 Å². The summed E-state index contributed by atoms with van der Waals surface area (Å²) in [6.45, 7) is 3.84. The second kappa shape index (κ2) is 5.83. The van der Waals surface area contributed by atoms with Gasteiger partial charge in [0.2, 0.25) is 0 Å². The summed E-state index contributed by atoms with van der Waals surface area (Å²) in [7, 11) is 1.38. The third-order valence-electron chi connectivity index (χ3n) is 3.34. The van der Waals surface area contributed by atoms with E-state index in [0.29, 0.717) is 11.4 Å². The minimum absolute atomic E-state index is 0.141. The topological polar surface area (TPSA) is 64.3 Å². The molecule has 21 heavy (non-hydrogen) atoms. The van der Waals surface area contributed by atoms with Gasteiger partial charge in [-0.25, -0.2) is 4.39 Å². The number of amides is 1. The molecule has 2 aromatic rings. The molecule has 2 aromatic carbocycles. The lowest BCUT2D eigenvalue weighted by Gasteiger charge is -2.13. The summed E-state index contributed by atoms with van der Waals surface area (Å²) >= 11 is 0. The molecule has 4 nitrogen and oxygen atoms in total. The number of rotatable bonds is 3. The van der Waals surface area contributed by atoms with E-state index in [1.54, 1.807) is 12.1 Å². The first-order valence-corrected chi connectivity index (χ1v) is 6.44. The van der Waals surface area contributed by atoms with E-state index in [0.717, 1.165) is 11.1 Å². The number of carbonyl (C=O) groups is 1. The maximum atomic E-state index is 13.9. The van der Waals surface area contributed by atoms with Crippen LogP contribution in [0.4, 0.5) is 15.8 Å². The van der Waals surface area contributed by atoms with E-state index < -0.39 is 11.7 Å². The number of hydrogen-bond donors (Lipinski definition) is 2. The first-order chi connectivity index (χ1) is 9.93. The van der Waals surface area contributed by atoms with E-state index in [9.17, 15) is 9.18 Å². The third-order valence-corrected chi connectivity index (χ3v) is 3.34. The van der Waals surface area contributed by atoms with Crippen LogP contribution in [0.5, 0.6) is 5.75 Å². The Morgan fingerprint density at radius 3 is 2.57 bits per heavy atom. The Kier molecular flexibility index (Phi) is 4.12. The quantitative estimate of drug-likeness (QED) is 0.852. The molecule has 0 saturated carbocycles. The van der Waals surface area contributed by atoms with Gasteiger partial charge in [0.15, 0.2) is 0 Å². The maximum absolute atomic E-state index is 13.9. The molecule has 0 fully saturated rings. The zero-order valence-corrected chi connectivity index (χ0v) is 12.2. The lowest BCUT2D eigenvalue weighted by Crippen LogP contribution is -2.16. The number of halogens is 1. The van der Waals surface area contributed by atoms with E-state index in [1.807, 2.05) is 13.8 Å². The SMILES string of the molecule is COc1cccc(F)c1C(=O)Nc1cc(C)c(C)cc1N. The van der Waals surface area contributed by atoms with Crippen molar-refractivity contribution < 1.29 is 13.9 Å². The number of nitrogens with one attached hydrogen (secondary N) is 1. The summed E-state index contributed by atoms with van der Waals surface area (Å²) in [5, 5.41) is 2.63. The molecule has 0 radical (unpaired) electrons. The van der Waals surface area contributed by atoms with E-state index in [2.05, 4.69) is 5.32 Å². The van der Waals surface area contributed by atoms with Gasteiger partial charge in [-0.15, -0.1) is 0 Å². The highest BCUT2D eigenvalue weighted by Crippen LogP contribution is 2.26. The molecule has 0 atom stereocenters. The average Bonchev–Trinajstić information content (AvgIpc) is 2.44. The van der Waals surface area contributed by atoms with Crippen molar-refractivity contribution in [1.29, 1.82) is 0 Å². The zero-order valence-electron chi connectivity index (χ0n) is 12.2. The fraction of sp³-hybridized carbons (Fsp3) is 0.188.